The molecule has 3 rings (SSSR count). The van der Waals surface area contributed by atoms with Gasteiger partial charge in [0.25, 0.3) is 0 Å². The molecule has 146 valence electrons. The number of nitrogens with zero attached hydrogens (tertiary/aromatic N) is 5. The van der Waals surface area contributed by atoms with Gasteiger partial charge in [-0.05, 0) is 31.9 Å². The maximum atomic E-state index is 12.8. The molecule has 1 aliphatic heterocycles. The highest BCUT2D eigenvalue weighted by Gasteiger charge is 2.23. The van der Waals surface area contributed by atoms with Gasteiger partial charge in [-0.2, -0.15) is 5.10 Å². The number of hydrogen-bond acceptors (Lipinski definition) is 4. The predicted octanol–water partition coefficient (Wildman–Crippen LogP) is 2.44. The molecule has 0 atom stereocenters. The lowest BCUT2D eigenvalue weighted by Gasteiger charge is -2.34. The van der Waals surface area contributed by atoms with E-state index < -0.39 is 0 Å². The van der Waals surface area contributed by atoms with Crippen molar-refractivity contribution in [3.63, 3.8) is 0 Å². The van der Waals surface area contributed by atoms with Crippen LogP contribution in [0.2, 0.25) is 0 Å². The lowest BCUT2D eigenvalue weighted by molar-refractivity contribution is -0.132. The zero-order chi connectivity index (χ0) is 19.4. The first-order chi connectivity index (χ1) is 12.9. The SMILES string of the molecule is Cc1nn(CC(C)C)c(C)c1CC(=O)N1CCN(Cc2ccccn2)CC1. The third kappa shape index (κ3) is 4.95. The number of aromatic nitrogens is 3. The number of carbonyl (C=O) groups is 1. The van der Waals surface area contributed by atoms with Crippen LogP contribution in [0, 0.1) is 19.8 Å². The highest BCUT2D eigenvalue weighted by atomic mass is 16.2. The molecule has 27 heavy (non-hydrogen) atoms. The fourth-order valence-corrected chi connectivity index (χ4v) is 3.65. The molecule has 0 radical (unpaired) electrons. The largest absolute Gasteiger partial charge is 0.340 e. The number of hydrogen-bond donors (Lipinski definition) is 0. The minimum atomic E-state index is 0.211. The van der Waals surface area contributed by atoms with Gasteiger partial charge in [-0.3, -0.25) is 19.4 Å². The highest BCUT2D eigenvalue weighted by molar-refractivity contribution is 5.79. The number of pyridine rings is 1. The summed E-state index contributed by atoms with van der Waals surface area (Å²) in [6.07, 6.45) is 2.29. The Hall–Kier alpha value is -2.21. The molecule has 0 saturated carbocycles. The van der Waals surface area contributed by atoms with Gasteiger partial charge < -0.3 is 4.90 Å². The fraction of sp³-hybridized carbons (Fsp3) is 0.571. The van der Waals surface area contributed by atoms with Crippen molar-refractivity contribution in [2.24, 2.45) is 5.92 Å². The zero-order valence-electron chi connectivity index (χ0n) is 17.0. The summed E-state index contributed by atoms with van der Waals surface area (Å²) in [7, 11) is 0. The van der Waals surface area contributed by atoms with Gasteiger partial charge in [-0.15, -0.1) is 0 Å². The van der Waals surface area contributed by atoms with E-state index in [1.54, 1.807) is 0 Å². The molecule has 3 heterocycles. The summed E-state index contributed by atoms with van der Waals surface area (Å²) in [5, 5.41) is 4.64. The molecule has 2 aromatic heterocycles. The van der Waals surface area contributed by atoms with Gasteiger partial charge in [0.15, 0.2) is 0 Å². The first-order valence-corrected chi connectivity index (χ1v) is 9.87. The molecule has 0 aromatic carbocycles. The molecule has 0 aliphatic carbocycles. The Morgan fingerprint density at radius 3 is 2.52 bits per heavy atom. The van der Waals surface area contributed by atoms with Crippen molar-refractivity contribution < 1.29 is 4.79 Å². The van der Waals surface area contributed by atoms with Crippen LogP contribution < -0.4 is 0 Å². The smallest absolute Gasteiger partial charge is 0.227 e. The number of carbonyl (C=O) groups excluding carboxylic acids is 1. The van der Waals surface area contributed by atoms with Crippen molar-refractivity contribution in [2.75, 3.05) is 26.2 Å². The molecule has 0 unspecified atom stereocenters. The van der Waals surface area contributed by atoms with Gasteiger partial charge in [0.1, 0.15) is 0 Å². The third-order valence-corrected chi connectivity index (χ3v) is 5.23. The highest BCUT2D eigenvalue weighted by Crippen LogP contribution is 2.17. The molecule has 0 spiro atoms. The molecular weight excluding hydrogens is 338 g/mol. The third-order valence-electron chi connectivity index (χ3n) is 5.23. The quantitative estimate of drug-likeness (QED) is 0.785. The van der Waals surface area contributed by atoms with Crippen LogP contribution >= 0.6 is 0 Å². The molecule has 6 heteroatoms. The first kappa shape index (κ1) is 19.5. The summed E-state index contributed by atoms with van der Waals surface area (Å²) in [5.74, 6) is 0.751. The Balaban J connectivity index is 1.55. The Morgan fingerprint density at radius 1 is 1.15 bits per heavy atom. The van der Waals surface area contributed by atoms with Crippen molar-refractivity contribution in [2.45, 2.75) is 47.2 Å². The summed E-state index contributed by atoms with van der Waals surface area (Å²) >= 11 is 0. The predicted molar refractivity (Wildman–Crippen MR) is 106 cm³/mol. The first-order valence-electron chi connectivity index (χ1n) is 9.87. The van der Waals surface area contributed by atoms with E-state index in [2.05, 4.69) is 41.8 Å². The second-order valence-electron chi connectivity index (χ2n) is 7.88. The molecule has 0 bridgehead atoms. The normalized spacial score (nSPS) is 15.5. The Kier molecular flexibility index (Phi) is 6.26. The molecule has 1 amide bonds. The molecule has 6 nitrogen and oxygen atoms in total. The number of rotatable bonds is 6. The standard InChI is InChI=1S/C21H31N5O/c1-16(2)14-26-18(4)20(17(3)23-26)13-21(27)25-11-9-24(10-12-25)15-19-7-5-6-8-22-19/h5-8,16H,9-15H2,1-4H3. The number of amides is 1. The van der Waals surface area contributed by atoms with Crippen LogP contribution in [0.1, 0.15) is 36.5 Å². The second kappa shape index (κ2) is 8.65. The van der Waals surface area contributed by atoms with Gasteiger partial charge in [-0.25, -0.2) is 0 Å². The van der Waals surface area contributed by atoms with Gasteiger partial charge in [0.2, 0.25) is 5.91 Å². The summed E-state index contributed by atoms with van der Waals surface area (Å²) in [6, 6.07) is 6.01. The minimum absolute atomic E-state index is 0.211. The van der Waals surface area contributed by atoms with Crippen molar-refractivity contribution in [1.82, 2.24) is 24.6 Å². The molecule has 1 fully saturated rings. The van der Waals surface area contributed by atoms with Crippen molar-refractivity contribution in [3.8, 4) is 0 Å². The summed E-state index contributed by atoms with van der Waals surface area (Å²) in [4.78, 5) is 21.6. The Morgan fingerprint density at radius 2 is 1.89 bits per heavy atom. The van der Waals surface area contributed by atoms with Crippen LogP contribution in [0.4, 0.5) is 0 Å². The second-order valence-corrected chi connectivity index (χ2v) is 7.88. The Bertz CT molecular complexity index is 760. The lowest BCUT2D eigenvalue weighted by Crippen LogP contribution is -2.48. The van der Waals surface area contributed by atoms with Gasteiger partial charge in [0, 0.05) is 56.7 Å². The molecule has 2 aromatic rings. The van der Waals surface area contributed by atoms with Gasteiger partial charge in [-0.1, -0.05) is 19.9 Å². The summed E-state index contributed by atoms with van der Waals surface area (Å²) in [5.41, 5.74) is 4.29. The van der Waals surface area contributed by atoms with E-state index in [1.807, 2.05) is 34.8 Å². The maximum Gasteiger partial charge on any atom is 0.227 e. The molecule has 1 saturated heterocycles. The van der Waals surface area contributed by atoms with Crippen molar-refractivity contribution in [3.05, 3.63) is 47.0 Å². The number of aryl methyl sites for hydroxylation is 1. The Labute approximate surface area is 162 Å². The van der Waals surface area contributed by atoms with Crippen molar-refractivity contribution >= 4 is 5.91 Å². The molecular formula is C21H31N5O. The van der Waals surface area contributed by atoms with Crippen LogP contribution in [0.15, 0.2) is 24.4 Å². The van der Waals surface area contributed by atoms with E-state index in [0.29, 0.717) is 12.3 Å². The van der Waals surface area contributed by atoms with Crippen molar-refractivity contribution in [1.29, 1.82) is 0 Å². The van der Waals surface area contributed by atoms with E-state index in [4.69, 9.17) is 0 Å². The van der Waals surface area contributed by atoms with Crippen LogP contribution in [0.5, 0.6) is 0 Å². The van der Waals surface area contributed by atoms with Crippen LogP contribution in [0.25, 0.3) is 0 Å². The van der Waals surface area contributed by atoms with E-state index in [-0.39, 0.29) is 5.91 Å². The van der Waals surface area contributed by atoms with Crippen LogP contribution in [-0.4, -0.2) is 56.7 Å². The topological polar surface area (TPSA) is 54.3 Å². The monoisotopic (exact) mass is 369 g/mol. The van der Waals surface area contributed by atoms with Crippen LogP contribution in [-0.2, 0) is 24.3 Å². The summed E-state index contributed by atoms with van der Waals surface area (Å²) in [6.45, 7) is 13.6. The molecule has 0 N–H and O–H groups in total. The zero-order valence-corrected chi connectivity index (χ0v) is 17.0. The fourth-order valence-electron chi connectivity index (χ4n) is 3.65. The van der Waals surface area contributed by atoms with Gasteiger partial charge >= 0.3 is 0 Å². The lowest BCUT2D eigenvalue weighted by atomic mass is 10.1. The summed E-state index contributed by atoms with van der Waals surface area (Å²) < 4.78 is 2.05. The molecule has 1 aliphatic rings. The van der Waals surface area contributed by atoms with Gasteiger partial charge in [0.05, 0.1) is 17.8 Å². The van der Waals surface area contributed by atoms with E-state index >= 15 is 0 Å². The van der Waals surface area contributed by atoms with E-state index in [1.165, 1.54) is 0 Å². The van der Waals surface area contributed by atoms with Crippen LogP contribution in [0.3, 0.4) is 0 Å². The maximum absolute atomic E-state index is 12.8. The van der Waals surface area contributed by atoms with E-state index in [9.17, 15) is 4.79 Å². The minimum Gasteiger partial charge on any atom is -0.340 e. The van der Waals surface area contributed by atoms with E-state index in [0.717, 1.165) is 61.9 Å². The number of piperazine rings is 1. The average molecular weight is 370 g/mol. The average Bonchev–Trinajstić information content (AvgIpc) is 2.90.